The van der Waals surface area contributed by atoms with Crippen LogP contribution in [0.25, 0.3) is 0 Å². The first-order valence-electron chi connectivity index (χ1n) is 7.40. The lowest BCUT2D eigenvalue weighted by Gasteiger charge is -2.07. The third-order valence-corrected chi connectivity index (χ3v) is 3.42. The van der Waals surface area contributed by atoms with Crippen LogP contribution < -0.4 is 16.0 Å². The molecule has 0 aliphatic carbocycles. The Morgan fingerprint density at radius 1 is 1.08 bits per heavy atom. The SMILES string of the molecule is CC(=O)Nc1ccc(NC(=O)/C(C#N)=C\Nc2ccc(F)c(Cl)c2)cc1. The van der Waals surface area contributed by atoms with Gasteiger partial charge in [0.15, 0.2) is 0 Å². The molecular formula is C18H14ClFN4O2. The van der Waals surface area contributed by atoms with Gasteiger partial charge in [-0.2, -0.15) is 5.26 Å². The Labute approximate surface area is 154 Å². The summed E-state index contributed by atoms with van der Waals surface area (Å²) in [6.07, 6.45) is 1.20. The number of carbonyl (C=O) groups excluding carboxylic acids is 2. The fourth-order valence-corrected chi connectivity index (χ4v) is 2.11. The summed E-state index contributed by atoms with van der Waals surface area (Å²) < 4.78 is 13.1. The molecule has 132 valence electrons. The van der Waals surface area contributed by atoms with E-state index in [1.807, 2.05) is 0 Å². The molecule has 0 aliphatic heterocycles. The van der Waals surface area contributed by atoms with Crippen LogP contribution in [0.15, 0.2) is 54.2 Å². The van der Waals surface area contributed by atoms with E-state index in [2.05, 4.69) is 16.0 Å². The molecule has 0 radical (unpaired) electrons. The average molecular weight is 373 g/mol. The van der Waals surface area contributed by atoms with Crippen molar-refractivity contribution in [1.29, 1.82) is 5.26 Å². The molecular weight excluding hydrogens is 359 g/mol. The summed E-state index contributed by atoms with van der Waals surface area (Å²) in [6.45, 7) is 1.39. The van der Waals surface area contributed by atoms with E-state index in [1.165, 1.54) is 31.3 Å². The highest BCUT2D eigenvalue weighted by Gasteiger charge is 2.10. The Hall–Kier alpha value is -3.37. The van der Waals surface area contributed by atoms with Crippen LogP contribution in [0, 0.1) is 17.1 Å². The molecule has 6 nitrogen and oxygen atoms in total. The molecule has 0 spiro atoms. The highest BCUT2D eigenvalue weighted by atomic mass is 35.5. The van der Waals surface area contributed by atoms with Gasteiger partial charge in [0.2, 0.25) is 5.91 Å². The van der Waals surface area contributed by atoms with Gasteiger partial charge in [-0.05, 0) is 42.5 Å². The number of rotatable bonds is 5. The Kier molecular flexibility index (Phi) is 6.31. The van der Waals surface area contributed by atoms with Gasteiger partial charge >= 0.3 is 0 Å². The molecule has 8 heteroatoms. The lowest BCUT2D eigenvalue weighted by Crippen LogP contribution is -2.14. The van der Waals surface area contributed by atoms with Gasteiger partial charge in [-0.25, -0.2) is 4.39 Å². The van der Waals surface area contributed by atoms with Crippen molar-refractivity contribution >= 4 is 40.5 Å². The third-order valence-electron chi connectivity index (χ3n) is 3.13. The van der Waals surface area contributed by atoms with Crippen molar-refractivity contribution < 1.29 is 14.0 Å². The fraction of sp³-hybridized carbons (Fsp3) is 0.0556. The van der Waals surface area contributed by atoms with E-state index >= 15 is 0 Å². The van der Waals surface area contributed by atoms with Gasteiger partial charge in [0.25, 0.3) is 5.91 Å². The van der Waals surface area contributed by atoms with Crippen molar-refractivity contribution in [3.8, 4) is 6.07 Å². The molecule has 0 fully saturated rings. The van der Waals surface area contributed by atoms with Gasteiger partial charge < -0.3 is 16.0 Å². The Morgan fingerprint density at radius 2 is 1.65 bits per heavy atom. The first-order valence-corrected chi connectivity index (χ1v) is 7.77. The number of nitriles is 1. The lowest BCUT2D eigenvalue weighted by atomic mass is 10.2. The van der Waals surface area contributed by atoms with Crippen LogP contribution in [0.4, 0.5) is 21.5 Å². The zero-order valence-corrected chi connectivity index (χ0v) is 14.4. The zero-order chi connectivity index (χ0) is 19.1. The summed E-state index contributed by atoms with van der Waals surface area (Å²) in [5.74, 6) is -1.40. The summed E-state index contributed by atoms with van der Waals surface area (Å²) in [4.78, 5) is 23.1. The minimum atomic E-state index is -0.625. The van der Waals surface area contributed by atoms with E-state index in [4.69, 9.17) is 16.9 Å². The molecule has 0 saturated carbocycles. The van der Waals surface area contributed by atoms with E-state index in [0.717, 1.165) is 0 Å². The molecule has 2 aromatic rings. The molecule has 0 heterocycles. The minimum Gasteiger partial charge on any atom is -0.360 e. The summed E-state index contributed by atoms with van der Waals surface area (Å²) in [5.41, 5.74) is 1.28. The average Bonchev–Trinajstić information content (AvgIpc) is 2.60. The second-order valence-corrected chi connectivity index (χ2v) is 5.56. The lowest BCUT2D eigenvalue weighted by molar-refractivity contribution is -0.114. The number of hydrogen-bond donors (Lipinski definition) is 3. The molecule has 0 aromatic heterocycles. The monoisotopic (exact) mass is 372 g/mol. The molecule has 2 amide bonds. The van der Waals surface area contributed by atoms with E-state index in [-0.39, 0.29) is 16.5 Å². The topological polar surface area (TPSA) is 94.0 Å². The molecule has 0 unspecified atom stereocenters. The van der Waals surface area contributed by atoms with E-state index in [0.29, 0.717) is 17.1 Å². The van der Waals surface area contributed by atoms with Gasteiger partial charge in [-0.15, -0.1) is 0 Å². The van der Waals surface area contributed by atoms with Crippen LogP contribution in [-0.2, 0) is 9.59 Å². The molecule has 3 N–H and O–H groups in total. The fourth-order valence-electron chi connectivity index (χ4n) is 1.93. The summed E-state index contributed by atoms with van der Waals surface area (Å²) in [6, 6.07) is 12.1. The van der Waals surface area contributed by atoms with E-state index in [1.54, 1.807) is 30.3 Å². The molecule has 2 rings (SSSR count). The molecule has 26 heavy (non-hydrogen) atoms. The van der Waals surface area contributed by atoms with E-state index in [9.17, 15) is 14.0 Å². The minimum absolute atomic E-state index is 0.0781. The Morgan fingerprint density at radius 3 is 2.19 bits per heavy atom. The van der Waals surface area contributed by atoms with Crippen molar-refractivity contribution in [3.63, 3.8) is 0 Å². The van der Waals surface area contributed by atoms with Crippen LogP contribution in [0.3, 0.4) is 0 Å². The maximum absolute atomic E-state index is 13.1. The molecule has 0 atom stereocenters. The summed E-state index contributed by atoms with van der Waals surface area (Å²) >= 11 is 5.67. The smallest absolute Gasteiger partial charge is 0.267 e. The van der Waals surface area contributed by atoms with Crippen molar-refractivity contribution in [2.45, 2.75) is 6.92 Å². The predicted octanol–water partition coefficient (Wildman–Crippen LogP) is 3.90. The van der Waals surface area contributed by atoms with Gasteiger partial charge in [-0.1, -0.05) is 11.6 Å². The van der Waals surface area contributed by atoms with Crippen LogP contribution in [0.2, 0.25) is 5.02 Å². The summed E-state index contributed by atoms with van der Waals surface area (Å²) in [7, 11) is 0. The second kappa shape index (κ2) is 8.65. The van der Waals surface area contributed by atoms with Gasteiger partial charge in [-0.3, -0.25) is 9.59 Å². The highest BCUT2D eigenvalue weighted by molar-refractivity contribution is 6.31. The normalized spacial score (nSPS) is 10.6. The number of amides is 2. The van der Waals surface area contributed by atoms with Crippen molar-refractivity contribution in [2.24, 2.45) is 0 Å². The third kappa shape index (κ3) is 5.33. The molecule has 0 bridgehead atoms. The summed E-state index contributed by atoms with van der Waals surface area (Å²) in [5, 5.41) is 16.9. The van der Waals surface area contributed by atoms with Gasteiger partial charge in [0, 0.05) is 30.2 Å². The second-order valence-electron chi connectivity index (χ2n) is 5.16. The predicted molar refractivity (Wildman–Crippen MR) is 98.1 cm³/mol. The number of carbonyl (C=O) groups is 2. The number of benzene rings is 2. The van der Waals surface area contributed by atoms with Crippen LogP contribution in [0.1, 0.15) is 6.92 Å². The van der Waals surface area contributed by atoms with Crippen LogP contribution >= 0.6 is 11.6 Å². The van der Waals surface area contributed by atoms with Crippen LogP contribution in [0.5, 0.6) is 0 Å². The highest BCUT2D eigenvalue weighted by Crippen LogP contribution is 2.19. The van der Waals surface area contributed by atoms with Crippen molar-refractivity contribution in [3.05, 3.63) is 65.1 Å². The number of halogens is 2. The van der Waals surface area contributed by atoms with Crippen molar-refractivity contribution in [1.82, 2.24) is 0 Å². The number of nitrogens with zero attached hydrogens (tertiary/aromatic N) is 1. The zero-order valence-electron chi connectivity index (χ0n) is 13.6. The maximum atomic E-state index is 13.1. The molecule has 0 aliphatic rings. The number of hydrogen-bond acceptors (Lipinski definition) is 4. The first-order chi connectivity index (χ1) is 12.4. The Balaban J connectivity index is 2.04. The number of anilines is 3. The molecule has 2 aromatic carbocycles. The van der Waals surface area contributed by atoms with Crippen molar-refractivity contribution in [2.75, 3.05) is 16.0 Å². The first kappa shape index (κ1) is 19.0. The Bertz CT molecular complexity index is 904. The maximum Gasteiger partial charge on any atom is 0.267 e. The van der Waals surface area contributed by atoms with Crippen LogP contribution in [-0.4, -0.2) is 11.8 Å². The van der Waals surface area contributed by atoms with Gasteiger partial charge in [0.05, 0.1) is 5.02 Å². The van der Waals surface area contributed by atoms with Gasteiger partial charge in [0.1, 0.15) is 17.5 Å². The van der Waals surface area contributed by atoms with E-state index < -0.39 is 11.7 Å². The quantitative estimate of drug-likeness (QED) is 0.548. The molecule has 0 saturated heterocycles. The number of nitrogens with one attached hydrogen (secondary N) is 3. The standard InChI is InChI=1S/C18H14ClFN4O2/c1-11(25)23-13-2-4-14(5-3-13)24-18(26)12(9-21)10-22-15-6-7-17(20)16(19)8-15/h2-8,10,22H,1H3,(H,23,25)(H,24,26)/b12-10-. The largest absolute Gasteiger partial charge is 0.360 e.